The van der Waals surface area contributed by atoms with Crippen LogP contribution in [0.3, 0.4) is 0 Å². The zero-order valence-electron chi connectivity index (χ0n) is 6.37. The van der Waals surface area contributed by atoms with Crippen molar-refractivity contribution in [1.82, 2.24) is 4.81 Å². The quantitative estimate of drug-likeness (QED) is 0.344. The fraction of sp³-hybridized carbons (Fsp3) is 0.833. The van der Waals surface area contributed by atoms with E-state index in [4.69, 9.17) is 16.3 Å². The summed E-state index contributed by atoms with van der Waals surface area (Å²) in [6, 6.07) is -0.211. The Balaban J connectivity index is 2.46. The summed E-state index contributed by atoms with van der Waals surface area (Å²) in [7, 11) is 3.10. The van der Waals surface area contributed by atoms with E-state index < -0.39 is 0 Å². The highest BCUT2D eigenvalue weighted by Gasteiger charge is 2.32. The number of carbonyl (C=O) groups is 1. The van der Waals surface area contributed by atoms with Gasteiger partial charge in [0, 0.05) is 7.11 Å². The van der Waals surface area contributed by atoms with Gasteiger partial charge in [-0.05, 0) is 13.0 Å². The van der Waals surface area contributed by atoms with Crippen LogP contribution in [-0.2, 0) is 9.45 Å². The van der Waals surface area contributed by atoms with Crippen molar-refractivity contribution in [1.29, 1.82) is 0 Å². The number of alkyl halides is 1. The summed E-state index contributed by atoms with van der Waals surface area (Å²) in [5.74, 6) is 0. The molecule has 0 spiro atoms. The normalized spacial score (nSPS) is 32.2. The molecule has 0 saturated carbocycles. The van der Waals surface area contributed by atoms with Gasteiger partial charge < -0.3 is 14.3 Å². The monoisotopic (exact) mass is 174 g/mol. The Morgan fingerprint density at radius 3 is 3.09 bits per heavy atom. The van der Waals surface area contributed by atoms with E-state index in [-0.39, 0.29) is 11.4 Å². The van der Waals surface area contributed by atoms with Gasteiger partial charge in [-0.3, -0.25) is 0 Å². The molecule has 61 valence electrons. The Bertz CT molecular complexity index is 145. The Kier molecular flexibility index (Phi) is 3.36. The smallest absolute Gasteiger partial charge is 0.399 e. The molecule has 11 heavy (non-hydrogen) atoms. The Morgan fingerprint density at radius 2 is 2.55 bits per heavy atom. The first kappa shape index (κ1) is 9.04. The molecule has 1 fully saturated rings. The molecule has 0 aromatic carbocycles. The highest BCUT2D eigenvalue weighted by atomic mass is 35.5. The molecule has 1 heterocycles. The lowest BCUT2D eigenvalue weighted by atomic mass is 10.1. The van der Waals surface area contributed by atoms with E-state index in [1.54, 1.807) is 14.7 Å². The van der Waals surface area contributed by atoms with Crippen LogP contribution in [0, 0.1) is 0 Å². The maximum atomic E-state index is 10.5. The molecular weight excluding hydrogens is 164 g/mol. The van der Waals surface area contributed by atoms with E-state index in [9.17, 15) is 4.79 Å². The molecule has 1 unspecified atom stereocenters. The van der Waals surface area contributed by atoms with Crippen LogP contribution in [0.5, 0.6) is 0 Å². The SMILES string of the molecule is CO[B]N1CCC(Cl)[C@@H]1C=O. The summed E-state index contributed by atoms with van der Waals surface area (Å²) in [6.07, 6.45) is 1.70. The lowest BCUT2D eigenvalue weighted by molar-refractivity contribution is -0.110. The second-order valence-corrected chi connectivity index (χ2v) is 3.07. The Labute approximate surface area is 71.9 Å². The highest BCUT2D eigenvalue weighted by Crippen LogP contribution is 2.20. The van der Waals surface area contributed by atoms with E-state index >= 15 is 0 Å². The zero-order valence-corrected chi connectivity index (χ0v) is 7.12. The van der Waals surface area contributed by atoms with Crippen molar-refractivity contribution < 1.29 is 9.45 Å². The Hall–Kier alpha value is -0.0551. The van der Waals surface area contributed by atoms with Crippen LogP contribution in [0.25, 0.3) is 0 Å². The van der Waals surface area contributed by atoms with Gasteiger partial charge in [0.05, 0.1) is 11.4 Å². The summed E-state index contributed by atoms with van der Waals surface area (Å²) < 4.78 is 4.79. The molecule has 0 aliphatic carbocycles. The van der Waals surface area contributed by atoms with Crippen LogP contribution >= 0.6 is 11.6 Å². The summed E-state index contributed by atoms with van der Waals surface area (Å²) in [4.78, 5) is 12.3. The predicted octanol–water partition coefficient (Wildman–Crippen LogP) is 0.0476. The standard InChI is InChI=1S/C6H10BClNO2/c1-11-7-9-3-2-5(8)6(9)4-10/h4-6H,2-3H2,1H3/t5?,6-/m0/s1. The first-order valence-electron chi connectivity index (χ1n) is 3.51. The molecular formula is C6H10BClNO2. The van der Waals surface area contributed by atoms with Gasteiger partial charge in [0.25, 0.3) is 0 Å². The molecule has 0 aromatic heterocycles. The third-order valence-corrected chi connectivity index (χ3v) is 2.27. The maximum Gasteiger partial charge on any atom is 0.399 e. The third-order valence-electron chi connectivity index (χ3n) is 1.80. The molecule has 2 atom stereocenters. The van der Waals surface area contributed by atoms with Crippen molar-refractivity contribution in [2.24, 2.45) is 0 Å². The number of nitrogens with zero attached hydrogens (tertiary/aromatic N) is 1. The average Bonchev–Trinajstić information content (AvgIpc) is 2.33. The van der Waals surface area contributed by atoms with Gasteiger partial charge in [0.2, 0.25) is 0 Å². The third kappa shape index (κ3) is 1.95. The van der Waals surface area contributed by atoms with E-state index in [0.717, 1.165) is 19.3 Å². The summed E-state index contributed by atoms with van der Waals surface area (Å²) in [5, 5.41) is -0.0705. The fourth-order valence-corrected chi connectivity index (χ4v) is 1.52. The van der Waals surface area contributed by atoms with Crippen molar-refractivity contribution in [3.8, 4) is 0 Å². The molecule has 3 nitrogen and oxygen atoms in total. The number of rotatable bonds is 3. The van der Waals surface area contributed by atoms with Crippen molar-refractivity contribution in [2.45, 2.75) is 17.8 Å². The predicted molar refractivity (Wildman–Crippen MR) is 43.6 cm³/mol. The lowest BCUT2D eigenvalue weighted by Gasteiger charge is -2.17. The Morgan fingerprint density at radius 1 is 1.82 bits per heavy atom. The largest absolute Gasteiger partial charge is 0.427 e. The lowest BCUT2D eigenvalue weighted by Crippen LogP contribution is -2.38. The molecule has 0 N–H and O–H groups in total. The first-order chi connectivity index (χ1) is 5.29. The van der Waals surface area contributed by atoms with Gasteiger partial charge in [-0.1, -0.05) is 0 Å². The second-order valence-electron chi connectivity index (χ2n) is 2.51. The number of aldehydes is 1. The second kappa shape index (κ2) is 4.09. The summed E-state index contributed by atoms with van der Waals surface area (Å²) in [5.41, 5.74) is 0. The number of halogens is 1. The van der Waals surface area contributed by atoms with Gasteiger partial charge >= 0.3 is 7.62 Å². The van der Waals surface area contributed by atoms with Gasteiger partial charge in [-0.2, -0.15) is 0 Å². The number of hydrogen-bond donors (Lipinski definition) is 0. The van der Waals surface area contributed by atoms with Crippen LogP contribution in [-0.4, -0.2) is 43.8 Å². The van der Waals surface area contributed by atoms with Crippen molar-refractivity contribution in [3.63, 3.8) is 0 Å². The highest BCUT2D eigenvalue weighted by molar-refractivity contribution is 6.27. The van der Waals surface area contributed by atoms with E-state index in [2.05, 4.69) is 0 Å². The van der Waals surface area contributed by atoms with Crippen molar-refractivity contribution in [2.75, 3.05) is 13.7 Å². The van der Waals surface area contributed by atoms with Gasteiger partial charge in [-0.25, -0.2) is 0 Å². The minimum Gasteiger partial charge on any atom is -0.427 e. The molecule has 0 amide bonds. The van der Waals surface area contributed by atoms with Crippen LogP contribution < -0.4 is 0 Å². The molecule has 1 aliphatic rings. The first-order valence-corrected chi connectivity index (χ1v) is 3.94. The molecule has 0 aromatic rings. The molecule has 0 bridgehead atoms. The van der Waals surface area contributed by atoms with Gasteiger partial charge in [0.1, 0.15) is 6.29 Å². The molecule has 1 aliphatic heterocycles. The van der Waals surface area contributed by atoms with E-state index in [1.807, 2.05) is 4.81 Å². The van der Waals surface area contributed by atoms with Crippen LogP contribution in [0.1, 0.15) is 6.42 Å². The fourth-order valence-electron chi connectivity index (χ4n) is 1.22. The van der Waals surface area contributed by atoms with E-state index in [1.165, 1.54) is 0 Å². The van der Waals surface area contributed by atoms with Crippen LogP contribution in [0.4, 0.5) is 0 Å². The molecule has 1 radical (unpaired) electrons. The number of carbonyl (C=O) groups excluding carboxylic acids is 1. The number of hydrogen-bond acceptors (Lipinski definition) is 3. The zero-order chi connectivity index (χ0) is 8.27. The minimum absolute atomic E-state index is 0.0705. The van der Waals surface area contributed by atoms with Gasteiger partial charge in [0.15, 0.2) is 0 Å². The van der Waals surface area contributed by atoms with Gasteiger partial charge in [-0.15, -0.1) is 11.6 Å². The molecule has 5 heteroatoms. The minimum atomic E-state index is -0.211. The van der Waals surface area contributed by atoms with E-state index in [0.29, 0.717) is 0 Å². The topological polar surface area (TPSA) is 29.5 Å². The van der Waals surface area contributed by atoms with Crippen LogP contribution in [0.2, 0.25) is 0 Å². The molecule has 1 rings (SSSR count). The van der Waals surface area contributed by atoms with Crippen molar-refractivity contribution >= 4 is 25.5 Å². The summed E-state index contributed by atoms with van der Waals surface area (Å²) in [6.45, 7) is 0.797. The maximum absolute atomic E-state index is 10.5. The molecule has 1 saturated heterocycles. The summed E-state index contributed by atoms with van der Waals surface area (Å²) >= 11 is 5.86. The van der Waals surface area contributed by atoms with Crippen molar-refractivity contribution in [3.05, 3.63) is 0 Å². The average molecular weight is 174 g/mol. The van der Waals surface area contributed by atoms with Crippen LogP contribution in [0.15, 0.2) is 0 Å².